The normalized spacial score (nSPS) is 10.4. The van der Waals surface area contributed by atoms with Crippen LogP contribution in [-0.2, 0) is 0 Å². The summed E-state index contributed by atoms with van der Waals surface area (Å²) in [4.78, 5) is 3.71. The molecule has 0 unspecified atom stereocenters. The van der Waals surface area contributed by atoms with Crippen LogP contribution in [-0.4, -0.2) is 4.98 Å². The van der Waals surface area contributed by atoms with Crippen molar-refractivity contribution in [3.8, 4) is 0 Å². The molecule has 0 spiro atoms. The van der Waals surface area contributed by atoms with Crippen LogP contribution in [0.5, 0.6) is 0 Å². The van der Waals surface area contributed by atoms with Crippen molar-refractivity contribution in [1.29, 1.82) is 0 Å². The van der Waals surface area contributed by atoms with Gasteiger partial charge in [0.25, 0.3) is 0 Å². The maximum Gasteiger partial charge on any atom is 0.167 e. The van der Waals surface area contributed by atoms with Gasteiger partial charge in [0.1, 0.15) is 5.82 Å². The number of halogens is 4. The Balaban J connectivity index is 2.38. The second-order valence-corrected chi connectivity index (χ2v) is 4.05. The molecule has 0 aliphatic carbocycles. The summed E-state index contributed by atoms with van der Waals surface area (Å²) in [5.41, 5.74) is -0.0251. The van der Waals surface area contributed by atoms with Gasteiger partial charge >= 0.3 is 0 Å². The maximum absolute atomic E-state index is 13.4. The Morgan fingerprint density at radius 2 is 1.88 bits per heavy atom. The zero-order valence-corrected chi connectivity index (χ0v) is 9.86. The minimum Gasteiger partial charge on any atom is -0.334 e. The summed E-state index contributed by atoms with van der Waals surface area (Å²) >= 11 is 11.3. The van der Waals surface area contributed by atoms with Gasteiger partial charge in [-0.3, -0.25) is 0 Å². The highest BCUT2D eigenvalue weighted by Crippen LogP contribution is 2.28. The van der Waals surface area contributed by atoms with Crippen LogP contribution < -0.4 is 5.32 Å². The molecule has 2 nitrogen and oxygen atoms in total. The molecule has 0 saturated carbocycles. The number of hydrogen-bond acceptors (Lipinski definition) is 2. The van der Waals surface area contributed by atoms with Crippen molar-refractivity contribution in [2.75, 3.05) is 5.32 Å². The standard InChI is InChI=1S/C11H6Cl2F2N2/c12-6-4-9(15)11(16-5-6)17-10-7(13)2-1-3-8(10)14/h1-5H,(H,16,17). The monoisotopic (exact) mass is 274 g/mol. The summed E-state index contributed by atoms with van der Waals surface area (Å²) in [6.07, 6.45) is 1.25. The lowest BCUT2D eigenvalue weighted by Crippen LogP contribution is -1.99. The Morgan fingerprint density at radius 1 is 1.12 bits per heavy atom. The van der Waals surface area contributed by atoms with E-state index in [9.17, 15) is 8.78 Å². The van der Waals surface area contributed by atoms with Gasteiger partial charge in [-0.15, -0.1) is 0 Å². The zero-order chi connectivity index (χ0) is 12.4. The first-order chi connectivity index (χ1) is 8.08. The third-order valence-electron chi connectivity index (χ3n) is 2.01. The molecule has 2 aromatic rings. The number of hydrogen-bond donors (Lipinski definition) is 1. The molecule has 2 rings (SSSR count). The van der Waals surface area contributed by atoms with Crippen LogP contribution in [0.1, 0.15) is 0 Å². The van der Waals surface area contributed by atoms with Crippen molar-refractivity contribution in [1.82, 2.24) is 4.98 Å². The first-order valence-electron chi connectivity index (χ1n) is 4.60. The summed E-state index contributed by atoms with van der Waals surface area (Å²) in [5, 5.41) is 2.78. The van der Waals surface area contributed by atoms with Crippen molar-refractivity contribution < 1.29 is 8.78 Å². The van der Waals surface area contributed by atoms with Crippen molar-refractivity contribution in [3.05, 3.63) is 52.1 Å². The SMILES string of the molecule is Fc1cc(Cl)cnc1Nc1c(F)cccc1Cl. The van der Waals surface area contributed by atoms with Crippen LogP contribution in [0.3, 0.4) is 0 Å². The van der Waals surface area contributed by atoms with Gasteiger partial charge in [0.2, 0.25) is 0 Å². The fourth-order valence-electron chi connectivity index (χ4n) is 1.24. The zero-order valence-electron chi connectivity index (χ0n) is 8.35. The van der Waals surface area contributed by atoms with E-state index in [4.69, 9.17) is 23.2 Å². The van der Waals surface area contributed by atoms with Gasteiger partial charge in [-0.1, -0.05) is 29.3 Å². The molecular formula is C11H6Cl2F2N2. The molecule has 1 aromatic heterocycles. The Bertz CT molecular complexity index is 541. The Morgan fingerprint density at radius 3 is 2.53 bits per heavy atom. The Labute approximate surface area is 106 Å². The molecule has 0 saturated heterocycles. The van der Waals surface area contributed by atoms with Gasteiger partial charge in [-0.25, -0.2) is 13.8 Å². The minimum atomic E-state index is -0.684. The van der Waals surface area contributed by atoms with Crippen molar-refractivity contribution >= 4 is 34.7 Å². The summed E-state index contributed by atoms with van der Waals surface area (Å²) in [6, 6.07) is 5.23. The number of para-hydroxylation sites is 1. The summed E-state index contributed by atoms with van der Waals surface area (Å²) < 4.78 is 26.8. The largest absolute Gasteiger partial charge is 0.334 e. The topological polar surface area (TPSA) is 24.9 Å². The minimum absolute atomic E-state index is 0.0251. The van der Waals surface area contributed by atoms with Gasteiger partial charge in [0, 0.05) is 6.20 Å². The predicted octanol–water partition coefficient (Wildman–Crippen LogP) is 4.41. The first-order valence-corrected chi connectivity index (χ1v) is 5.35. The molecule has 0 atom stereocenters. The average molecular weight is 275 g/mol. The van der Waals surface area contributed by atoms with E-state index in [0.29, 0.717) is 0 Å². The second-order valence-electron chi connectivity index (χ2n) is 3.21. The number of benzene rings is 1. The molecule has 88 valence electrons. The second kappa shape index (κ2) is 4.85. The number of aromatic nitrogens is 1. The van der Waals surface area contributed by atoms with Gasteiger partial charge in [0.05, 0.1) is 15.7 Å². The first kappa shape index (κ1) is 12.1. The molecule has 0 bridgehead atoms. The van der Waals surface area contributed by atoms with Crippen LogP contribution in [0, 0.1) is 11.6 Å². The fraction of sp³-hybridized carbons (Fsp3) is 0. The number of rotatable bonds is 2. The number of nitrogens with zero attached hydrogens (tertiary/aromatic N) is 1. The predicted molar refractivity (Wildman–Crippen MR) is 63.9 cm³/mol. The summed E-state index contributed by atoms with van der Waals surface area (Å²) in [5.74, 6) is -1.41. The quantitative estimate of drug-likeness (QED) is 0.878. The highest BCUT2D eigenvalue weighted by molar-refractivity contribution is 6.33. The van der Waals surface area contributed by atoms with E-state index >= 15 is 0 Å². The van der Waals surface area contributed by atoms with E-state index in [-0.39, 0.29) is 21.6 Å². The lowest BCUT2D eigenvalue weighted by molar-refractivity contribution is 0.621. The molecule has 6 heteroatoms. The van der Waals surface area contributed by atoms with E-state index in [0.717, 1.165) is 6.07 Å². The highest BCUT2D eigenvalue weighted by atomic mass is 35.5. The molecule has 0 aliphatic heterocycles. The Kier molecular flexibility index (Phi) is 3.45. The Hall–Kier alpha value is -1.39. The smallest absolute Gasteiger partial charge is 0.167 e. The summed E-state index contributed by atoms with van der Waals surface area (Å²) in [6.45, 7) is 0. The number of pyridine rings is 1. The average Bonchev–Trinajstić information content (AvgIpc) is 2.26. The van der Waals surface area contributed by atoms with E-state index in [1.165, 1.54) is 24.4 Å². The van der Waals surface area contributed by atoms with Crippen molar-refractivity contribution in [3.63, 3.8) is 0 Å². The van der Waals surface area contributed by atoms with E-state index in [1.807, 2.05) is 0 Å². The van der Waals surface area contributed by atoms with Gasteiger partial charge in [-0.2, -0.15) is 0 Å². The molecule has 17 heavy (non-hydrogen) atoms. The lowest BCUT2D eigenvalue weighted by atomic mass is 10.3. The van der Waals surface area contributed by atoms with Gasteiger partial charge < -0.3 is 5.32 Å². The van der Waals surface area contributed by atoms with Crippen molar-refractivity contribution in [2.24, 2.45) is 0 Å². The molecule has 0 radical (unpaired) electrons. The number of anilines is 2. The molecule has 1 N–H and O–H groups in total. The molecule has 1 aromatic carbocycles. The fourth-order valence-corrected chi connectivity index (χ4v) is 1.60. The molecule has 0 fully saturated rings. The maximum atomic E-state index is 13.4. The molecule has 1 heterocycles. The van der Waals surface area contributed by atoms with Crippen LogP contribution in [0.4, 0.5) is 20.3 Å². The summed E-state index contributed by atoms with van der Waals surface area (Å²) in [7, 11) is 0. The van der Waals surface area contributed by atoms with Crippen molar-refractivity contribution in [2.45, 2.75) is 0 Å². The van der Waals surface area contributed by atoms with Crippen LogP contribution in [0.2, 0.25) is 10.0 Å². The van der Waals surface area contributed by atoms with Gasteiger partial charge in [0.15, 0.2) is 11.6 Å². The van der Waals surface area contributed by atoms with E-state index in [1.54, 1.807) is 0 Å². The highest BCUT2D eigenvalue weighted by Gasteiger charge is 2.10. The number of nitrogens with one attached hydrogen (secondary N) is 1. The van der Waals surface area contributed by atoms with Crippen LogP contribution in [0.25, 0.3) is 0 Å². The lowest BCUT2D eigenvalue weighted by Gasteiger charge is -2.09. The van der Waals surface area contributed by atoms with E-state index in [2.05, 4.69) is 10.3 Å². The molecule has 0 aliphatic rings. The van der Waals surface area contributed by atoms with Crippen LogP contribution >= 0.6 is 23.2 Å². The molecular weight excluding hydrogens is 269 g/mol. The third-order valence-corrected chi connectivity index (χ3v) is 2.54. The van der Waals surface area contributed by atoms with Crippen LogP contribution in [0.15, 0.2) is 30.5 Å². The molecule has 0 amide bonds. The third kappa shape index (κ3) is 2.65. The van der Waals surface area contributed by atoms with E-state index < -0.39 is 11.6 Å². The van der Waals surface area contributed by atoms with Gasteiger partial charge in [-0.05, 0) is 18.2 Å².